The van der Waals surface area contributed by atoms with Gasteiger partial charge in [0.15, 0.2) is 0 Å². The minimum absolute atomic E-state index is 0.0800. The monoisotopic (exact) mass is 394 g/mol. The lowest BCUT2D eigenvalue weighted by atomic mass is 10.1. The largest absolute Gasteiger partial charge is 0.477 e. The van der Waals surface area contributed by atoms with Gasteiger partial charge in [0.1, 0.15) is 5.69 Å². The second-order valence-electron chi connectivity index (χ2n) is 5.98. The zero-order valence-corrected chi connectivity index (χ0v) is 14.9. The number of aromatic nitrogens is 2. The quantitative estimate of drug-likeness (QED) is 0.513. The molecule has 4 nitrogen and oxygen atoms in total. The molecule has 0 aliphatic rings. The van der Waals surface area contributed by atoms with E-state index in [-0.39, 0.29) is 5.69 Å². The van der Waals surface area contributed by atoms with Crippen LogP contribution in [0.5, 0.6) is 0 Å². The van der Waals surface area contributed by atoms with Gasteiger partial charge in [0.2, 0.25) is 0 Å². The summed E-state index contributed by atoms with van der Waals surface area (Å²) < 4.78 is 0.959. The van der Waals surface area contributed by atoms with Crippen molar-refractivity contribution in [2.45, 2.75) is 12.8 Å². The van der Waals surface area contributed by atoms with Gasteiger partial charge in [-0.1, -0.05) is 46.3 Å². The van der Waals surface area contributed by atoms with Gasteiger partial charge in [-0.25, -0.2) is 9.78 Å². The molecular weight excluding hydrogens is 380 g/mol. The first kappa shape index (κ1) is 15.8. The average molecular weight is 395 g/mol. The molecule has 0 aliphatic heterocycles. The van der Waals surface area contributed by atoms with Crippen molar-refractivity contribution in [3.63, 3.8) is 0 Å². The van der Waals surface area contributed by atoms with E-state index in [4.69, 9.17) is 0 Å². The summed E-state index contributed by atoms with van der Waals surface area (Å²) in [5.74, 6) is -1.01. The molecule has 25 heavy (non-hydrogen) atoms. The van der Waals surface area contributed by atoms with Crippen molar-refractivity contribution >= 4 is 43.7 Å². The van der Waals surface area contributed by atoms with Gasteiger partial charge in [0, 0.05) is 20.8 Å². The number of fused-ring (bicyclic) bond motifs is 3. The molecule has 2 N–H and O–H groups in total. The van der Waals surface area contributed by atoms with Crippen molar-refractivity contribution in [3.8, 4) is 0 Å². The van der Waals surface area contributed by atoms with Crippen LogP contribution in [-0.4, -0.2) is 21.0 Å². The fourth-order valence-electron chi connectivity index (χ4n) is 3.13. The number of aromatic carboxylic acids is 1. The van der Waals surface area contributed by atoms with E-state index >= 15 is 0 Å². The number of hydrogen-bond acceptors (Lipinski definition) is 2. The third-order valence-electron chi connectivity index (χ3n) is 4.34. The highest BCUT2D eigenvalue weighted by atomic mass is 79.9. The molecule has 4 rings (SSSR count). The molecule has 4 aromatic rings. The van der Waals surface area contributed by atoms with Gasteiger partial charge in [-0.05, 0) is 42.7 Å². The van der Waals surface area contributed by atoms with Gasteiger partial charge in [-0.2, -0.15) is 0 Å². The molecule has 0 radical (unpaired) electrons. The lowest BCUT2D eigenvalue weighted by Crippen LogP contribution is -2.04. The van der Waals surface area contributed by atoms with Crippen LogP contribution in [0.25, 0.3) is 21.8 Å². The normalized spacial score (nSPS) is 11.2. The molecule has 0 saturated carbocycles. The van der Waals surface area contributed by atoms with Crippen molar-refractivity contribution in [3.05, 3.63) is 76.0 Å². The van der Waals surface area contributed by atoms with Gasteiger partial charge in [-0.15, -0.1) is 0 Å². The van der Waals surface area contributed by atoms with Crippen LogP contribution in [-0.2, 0) is 12.8 Å². The summed E-state index contributed by atoms with van der Waals surface area (Å²) in [6.45, 7) is 0. The minimum Gasteiger partial charge on any atom is -0.477 e. The summed E-state index contributed by atoms with van der Waals surface area (Å²) in [5, 5.41) is 11.3. The summed E-state index contributed by atoms with van der Waals surface area (Å²) in [5.41, 5.74) is 3.96. The molecule has 2 heterocycles. The standard InChI is InChI=1S/C20H15BrN2O2/c21-13-7-9-16-14(10-13)15-11-18(20(24)25)22-17(19(15)23-16)8-6-12-4-2-1-3-5-12/h1-5,7,9-11,23H,6,8H2,(H,24,25). The molecule has 0 spiro atoms. The number of hydrogen-bond donors (Lipinski definition) is 2. The van der Waals surface area contributed by atoms with Crippen LogP contribution < -0.4 is 0 Å². The Morgan fingerprint density at radius 1 is 1.04 bits per heavy atom. The predicted octanol–water partition coefficient (Wildman–Crippen LogP) is 4.96. The highest BCUT2D eigenvalue weighted by molar-refractivity contribution is 9.10. The van der Waals surface area contributed by atoms with Crippen LogP contribution in [0, 0.1) is 0 Å². The maximum absolute atomic E-state index is 11.5. The van der Waals surface area contributed by atoms with Gasteiger partial charge >= 0.3 is 5.97 Å². The molecule has 0 fully saturated rings. The molecule has 124 valence electrons. The van der Waals surface area contributed by atoms with Crippen molar-refractivity contribution in [1.82, 2.24) is 9.97 Å². The molecule has 5 heteroatoms. The van der Waals surface area contributed by atoms with E-state index in [0.29, 0.717) is 6.42 Å². The lowest BCUT2D eigenvalue weighted by Gasteiger charge is -2.05. The van der Waals surface area contributed by atoms with E-state index in [1.165, 1.54) is 5.56 Å². The zero-order valence-electron chi connectivity index (χ0n) is 13.3. The molecule has 0 saturated heterocycles. The fourth-order valence-corrected chi connectivity index (χ4v) is 3.49. The Hall–Kier alpha value is -2.66. The second kappa shape index (κ2) is 6.33. The smallest absolute Gasteiger partial charge is 0.354 e. The Bertz CT molecular complexity index is 1090. The maximum Gasteiger partial charge on any atom is 0.354 e. The molecule has 0 bridgehead atoms. The number of aryl methyl sites for hydroxylation is 2. The number of rotatable bonds is 4. The van der Waals surface area contributed by atoms with Crippen molar-refractivity contribution in [2.75, 3.05) is 0 Å². The number of halogens is 1. The first-order valence-corrected chi connectivity index (χ1v) is 8.79. The van der Waals surface area contributed by atoms with Gasteiger partial charge in [0.25, 0.3) is 0 Å². The van der Waals surface area contributed by atoms with Gasteiger partial charge < -0.3 is 10.1 Å². The molecular formula is C20H15BrN2O2. The van der Waals surface area contributed by atoms with Crippen LogP contribution in [0.1, 0.15) is 21.7 Å². The van der Waals surface area contributed by atoms with E-state index in [9.17, 15) is 9.90 Å². The minimum atomic E-state index is -1.01. The highest BCUT2D eigenvalue weighted by Crippen LogP contribution is 2.30. The molecule has 0 amide bonds. The molecule has 0 aliphatic carbocycles. The Labute approximate surface area is 152 Å². The van der Waals surface area contributed by atoms with Crippen molar-refractivity contribution < 1.29 is 9.90 Å². The Morgan fingerprint density at radius 3 is 2.60 bits per heavy atom. The molecule has 0 unspecified atom stereocenters. The average Bonchev–Trinajstić information content (AvgIpc) is 2.98. The number of pyridine rings is 1. The number of carboxylic acids is 1. The van der Waals surface area contributed by atoms with E-state index in [1.54, 1.807) is 6.07 Å². The van der Waals surface area contributed by atoms with E-state index in [1.807, 2.05) is 36.4 Å². The zero-order chi connectivity index (χ0) is 17.4. The molecule has 0 atom stereocenters. The summed E-state index contributed by atoms with van der Waals surface area (Å²) in [4.78, 5) is 19.3. The number of H-pyrrole nitrogens is 1. The Kier molecular flexibility index (Phi) is 4.01. The number of carbonyl (C=O) groups is 1. The summed E-state index contributed by atoms with van der Waals surface area (Å²) in [6.07, 6.45) is 1.49. The maximum atomic E-state index is 11.5. The van der Waals surface area contributed by atoms with Crippen LogP contribution >= 0.6 is 15.9 Å². The van der Waals surface area contributed by atoms with Crippen LogP contribution in [0.2, 0.25) is 0 Å². The summed E-state index contributed by atoms with van der Waals surface area (Å²) in [6, 6.07) is 17.7. The number of aromatic amines is 1. The molecule has 2 aromatic heterocycles. The third-order valence-corrected chi connectivity index (χ3v) is 4.83. The lowest BCUT2D eigenvalue weighted by molar-refractivity contribution is 0.0690. The Balaban J connectivity index is 1.86. The van der Waals surface area contributed by atoms with Crippen LogP contribution in [0.4, 0.5) is 0 Å². The van der Waals surface area contributed by atoms with Gasteiger partial charge in [0.05, 0.1) is 11.2 Å². The number of carboxylic acid groups (broad SMARTS) is 1. The van der Waals surface area contributed by atoms with E-state index in [0.717, 1.165) is 38.4 Å². The van der Waals surface area contributed by atoms with Crippen molar-refractivity contribution in [2.24, 2.45) is 0 Å². The fraction of sp³-hybridized carbons (Fsp3) is 0.100. The van der Waals surface area contributed by atoms with Gasteiger partial charge in [-0.3, -0.25) is 0 Å². The van der Waals surface area contributed by atoms with E-state index in [2.05, 4.69) is 38.0 Å². The van der Waals surface area contributed by atoms with E-state index < -0.39 is 5.97 Å². The predicted molar refractivity (Wildman–Crippen MR) is 102 cm³/mol. The number of nitrogens with zero attached hydrogens (tertiary/aromatic N) is 1. The second-order valence-corrected chi connectivity index (χ2v) is 6.90. The topological polar surface area (TPSA) is 66.0 Å². The Morgan fingerprint density at radius 2 is 1.84 bits per heavy atom. The molecule has 2 aromatic carbocycles. The first-order valence-electron chi connectivity index (χ1n) is 8.00. The van der Waals surface area contributed by atoms with Crippen LogP contribution in [0.3, 0.4) is 0 Å². The third kappa shape index (κ3) is 3.03. The highest BCUT2D eigenvalue weighted by Gasteiger charge is 2.15. The number of benzene rings is 2. The summed E-state index contributed by atoms with van der Waals surface area (Å²) in [7, 11) is 0. The van der Waals surface area contributed by atoms with Crippen LogP contribution in [0.15, 0.2) is 59.1 Å². The first-order chi connectivity index (χ1) is 12.1. The summed E-state index contributed by atoms with van der Waals surface area (Å²) >= 11 is 3.48. The SMILES string of the molecule is O=C(O)c1cc2c([nH]c3ccc(Br)cc32)c(CCc2ccccc2)n1. The van der Waals surface area contributed by atoms with Crippen molar-refractivity contribution in [1.29, 1.82) is 0 Å². The number of nitrogens with one attached hydrogen (secondary N) is 1.